The summed E-state index contributed by atoms with van der Waals surface area (Å²) in [5, 5.41) is 8.27. The van der Waals surface area contributed by atoms with Crippen molar-refractivity contribution in [2.24, 2.45) is 12.0 Å². The summed E-state index contributed by atoms with van der Waals surface area (Å²) in [5.41, 5.74) is 3.47. The Morgan fingerprint density at radius 1 is 1.25 bits per heavy atom. The molecule has 1 aliphatic heterocycles. The monoisotopic (exact) mass is 529 g/mol. The molecular formula is C25H31N5O4S2. The molecule has 0 fully saturated rings. The van der Waals surface area contributed by atoms with Gasteiger partial charge in [-0.1, -0.05) is 18.2 Å². The lowest BCUT2D eigenvalue weighted by Gasteiger charge is -2.14. The normalized spacial score (nSPS) is 16.7. The van der Waals surface area contributed by atoms with Crippen LogP contribution in [-0.2, 0) is 34.2 Å². The number of fused-ring (bicyclic) bond motifs is 1. The molecule has 0 spiro atoms. The van der Waals surface area contributed by atoms with Crippen LogP contribution in [0.2, 0.25) is 0 Å². The van der Waals surface area contributed by atoms with Gasteiger partial charge < -0.3 is 10.1 Å². The predicted molar refractivity (Wildman–Crippen MR) is 143 cm³/mol. The number of aromatic nitrogens is 2. The molecule has 0 atom stereocenters. The summed E-state index contributed by atoms with van der Waals surface area (Å²) in [7, 11) is 1.83. The van der Waals surface area contributed by atoms with Crippen molar-refractivity contribution in [2.75, 3.05) is 24.2 Å². The van der Waals surface area contributed by atoms with E-state index in [1.807, 2.05) is 27.1 Å². The molecule has 0 bridgehead atoms. The maximum absolute atomic E-state index is 12.9. The summed E-state index contributed by atoms with van der Waals surface area (Å²) >= 11 is 2.68. The van der Waals surface area contributed by atoms with Crippen LogP contribution in [0.5, 0.6) is 0 Å². The van der Waals surface area contributed by atoms with E-state index in [0.29, 0.717) is 28.0 Å². The maximum atomic E-state index is 12.9. The van der Waals surface area contributed by atoms with Gasteiger partial charge in [-0.3, -0.25) is 19.2 Å². The number of thioether (sulfide) groups is 1. The molecule has 3 heterocycles. The second-order valence-electron chi connectivity index (χ2n) is 8.64. The number of hydrogen-bond acceptors (Lipinski definition) is 8. The molecule has 36 heavy (non-hydrogen) atoms. The van der Waals surface area contributed by atoms with Crippen LogP contribution in [0.3, 0.4) is 0 Å². The van der Waals surface area contributed by atoms with Crippen molar-refractivity contribution in [3.8, 4) is 0 Å². The second-order valence-corrected chi connectivity index (χ2v) is 10.7. The summed E-state index contributed by atoms with van der Waals surface area (Å²) in [6.45, 7) is 6.25. The Balaban J connectivity index is 1.49. The fourth-order valence-corrected chi connectivity index (χ4v) is 6.53. The van der Waals surface area contributed by atoms with Crippen LogP contribution in [0.1, 0.15) is 65.2 Å². The second kappa shape index (κ2) is 11.4. The molecule has 0 unspecified atom stereocenters. The first kappa shape index (κ1) is 26.2. The van der Waals surface area contributed by atoms with Crippen LogP contribution in [0, 0.1) is 6.92 Å². The van der Waals surface area contributed by atoms with Crippen molar-refractivity contribution in [3.63, 3.8) is 0 Å². The zero-order chi connectivity index (χ0) is 25.8. The van der Waals surface area contributed by atoms with E-state index in [1.54, 1.807) is 22.6 Å². The van der Waals surface area contributed by atoms with Gasteiger partial charge in [0.1, 0.15) is 10.7 Å². The molecule has 1 N–H and O–H groups in total. The molecule has 4 rings (SSSR count). The minimum Gasteiger partial charge on any atom is -0.462 e. The highest BCUT2D eigenvalue weighted by molar-refractivity contribution is 8.14. The van der Waals surface area contributed by atoms with Crippen molar-refractivity contribution >= 4 is 57.1 Å². The van der Waals surface area contributed by atoms with Gasteiger partial charge in [-0.05, 0) is 58.1 Å². The van der Waals surface area contributed by atoms with E-state index >= 15 is 0 Å². The molecule has 0 saturated heterocycles. The molecule has 2 amide bonds. The number of aryl methyl sites for hydroxylation is 3. The molecule has 0 aromatic carbocycles. The Morgan fingerprint density at radius 2 is 2.03 bits per heavy atom. The summed E-state index contributed by atoms with van der Waals surface area (Å²) in [5.74, 6) is -0.778. The van der Waals surface area contributed by atoms with Crippen molar-refractivity contribution in [1.82, 2.24) is 14.7 Å². The molecule has 2 aromatic rings. The number of ether oxygens (including phenoxy) is 1. The van der Waals surface area contributed by atoms with E-state index in [4.69, 9.17) is 4.74 Å². The van der Waals surface area contributed by atoms with E-state index in [2.05, 4.69) is 15.4 Å². The van der Waals surface area contributed by atoms with Crippen LogP contribution in [-0.4, -0.2) is 56.5 Å². The van der Waals surface area contributed by atoms with Crippen molar-refractivity contribution in [3.05, 3.63) is 39.2 Å². The highest BCUT2D eigenvalue weighted by Gasteiger charge is 2.31. The Bertz CT molecular complexity index is 1240. The first-order valence-electron chi connectivity index (χ1n) is 12.2. The van der Waals surface area contributed by atoms with Crippen LogP contribution in [0.25, 0.3) is 6.08 Å². The number of amides is 2. The number of anilines is 1. The number of carbonyl (C=O) groups excluding carboxylic acids is 3. The molecule has 1 aliphatic carbocycles. The lowest BCUT2D eigenvalue weighted by molar-refractivity contribution is -0.122. The molecule has 192 valence electrons. The summed E-state index contributed by atoms with van der Waals surface area (Å²) < 4.78 is 6.99. The number of nitrogens with zero attached hydrogens (tertiary/aromatic N) is 4. The van der Waals surface area contributed by atoms with Gasteiger partial charge in [0.15, 0.2) is 5.17 Å². The van der Waals surface area contributed by atoms with Crippen molar-refractivity contribution in [2.45, 2.75) is 52.9 Å². The molecular weight excluding hydrogens is 498 g/mol. The minimum absolute atomic E-state index is 0.0621. The zero-order valence-corrected chi connectivity index (χ0v) is 22.7. The van der Waals surface area contributed by atoms with E-state index in [-0.39, 0.29) is 30.1 Å². The Hall–Kier alpha value is -2.92. The maximum Gasteiger partial charge on any atom is 0.341 e. The Labute approximate surface area is 219 Å². The Morgan fingerprint density at radius 3 is 2.72 bits per heavy atom. The number of thiophene rings is 1. The molecule has 0 radical (unpaired) electrons. The van der Waals surface area contributed by atoms with Gasteiger partial charge >= 0.3 is 5.97 Å². The van der Waals surface area contributed by atoms with E-state index in [9.17, 15) is 14.4 Å². The van der Waals surface area contributed by atoms with Gasteiger partial charge in [-0.25, -0.2) is 9.79 Å². The largest absolute Gasteiger partial charge is 0.462 e. The van der Waals surface area contributed by atoms with Crippen molar-refractivity contribution in [1.29, 1.82) is 0 Å². The lowest BCUT2D eigenvalue weighted by Crippen LogP contribution is -2.31. The average molecular weight is 530 g/mol. The number of aliphatic imine (C=N–C) groups is 1. The van der Waals surface area contributed by atoms with E-state index in [1.165, 1.54) is 23.1 Å². The summed E-state index contributed by atoms with van der Waals surface area (Å²) in [6.07, 6.45) is 8.53. The van der Waals surface area contributed by atoms with Gasteiger partial charge in [0.2, 0.25) is 5.91 Å². The fourth-order valence-electron chi connectivity index (χ4n) is 4.37. The van der Waals surface area contributed by atoms with Gasteiger partial charge in [0.25, 0.3) is 5.91 Å². The number of rotatable bonds is 7. The van der Waals surface area contributed by atoms with Gasteiger partial charge in [0, 0.05) is 30.2 Å². The molecule has 11 heteroatoms. The molecule has 0 saturated carbocycles. The number of hydrogen-bond donors (Lipinski definition) is 1. The highest BCUT2D eigenvalue weighted by atomic mass is 32.2. The third kappa shape index (κ3) is 5.57. The van der Waals surface area contributed by atoms with Crippen LogP contribution in [0.4, 0.5) is 5.00 Å². The van der Waals surface area contributed by atoms with Crippen LogP contribution >= 0.6 is 23.1 Å². The molecule has 2 aliphatic rings. The zero-order valence-electron chi connectivity index (χ0n) is 21.0. The number of nitrogens with one attached hydrogen (secondary N) is 1. The number of amidine groups is 1. The number of esters is 1. The van der Waals surface area contributed by atoms with Gasteiger partial charge in [-0.15, -0.1) is 11.3 Å². The minimum atomic E-state index is -0.386. The number of likely N-dealkylation sites (N-methyl/N-ethyl adjacent to an activating group) is 1. The first-order chi connectivity index (χ1) is 17.3. The predicted octanol–water partition coefficient (Wildman–Crippen LogP) is 4.17. The highest BCUT2D eigenvalue weighted by Crippen LogP contribution is 2.38. The third-order valence-electron chi connectivity index (χ3n) is 6.06. The average Bonchev–Trinajstić information content (AvgIpc) is 3.37. The first-order valence-corrected chi connectivity index (χ1v) is 14.0. The number of carbonyl (C=O) groups is 3. The van der Waals surface area contributed by atoms with E-state index < -0.39 is 0 Å². The van der Waals surface area contributed by atoms with E-state index in [0.717, 1.165) is 53.8 Å². The van der Waals surface area contributed by atoms with Gasteiger partial charge in [-0.2, -0.15) is 5.10 Å². The van der Waals surface area contributed by atoms with Crippen LogP contribution in [0.15, 0.2) is 16.9 Å². The smallest absolute Gasteiger partial charge is 0.341 e. The Kier molecular flexibility index (Phi) is 8.30. The fraction of sp³-hybridized carbons (Fsp3) is 0.480. The topological polar surface area (TPSA) is 106 Å². The standard InChI is InChI=1S/C25H31N5O4S2/c1-5-30-23(32)18(12-16-13-29(4)28-15(16)3)26-25(30)35-14-20(31)27-22-21(24(33)34-6-2)17-10-8-7-9-11-19(17)36-22/h12-13H,5-11,14H2,1-4H3,(H,27,31)/b18-12+. The molecule has 9 nitrogen and oxygen atoms in total. The van der Waals surface area contributed by atoms with Crippen molar-refractivity contribution < 1.29 is 19.1 Å². The van der Waals surface area contributed by atoms with Gasteiger partial charge in [0.05, 0.1) is 23.6 Å². The van der Waals surface area contributed by atoms with Crippen LogP contribution < -0.4 is 5.32 Å². The lowest BCUT2D eigenvalue weighted by atomic mass is 10.1. The summed E-state index contributed by atoms with van der Waals surface area (Å²) in [4.78, 5) is 45.8. The third-order valence-corrected chi connectivity index (χ3v) is 8.24. The molecule has 2 aromatic heterocycles. The quantitative estimate of drug-likeness (QED) is 0.328. The SMILES string of the molecule is CCOC(=O)c1c(NC(=O)CSC2=N/C(=C/c3cn(C)nc3C)C(=O)N2CC)sc2c1CCCCC2. The summed E-state index contributed by atoms with van der Waals surface area (Å²) in [6, 6.07) is 0.